The number of benzene rings is 2. The van der Waals surface area contributed by atoms with Crippen LogP contribution in [0.25, 0.3) is 0 Å². The molecule has 0 unspecified atom stereocenters. The summed E-state index contributed by atoms with van der Waals surface area (Å²) < 4.78 is 11.0. The van der Waals surface area contributed by atoms with E-state index in [-0.39, 0.29) is 18.0 Å². The molecule has 0 aliphatic rings. The summed E-state index contributed by atoms with van der Waals surface area (Å²) in [6.07, 6.45) is 0. The number of halogens is 2. The van der Waals surface area contributed by atoms with Crippen LogP contribution in [-0.4, -0.2) is 15.0 Å². The highest BCUT2D eigenvalue weighted by atomic mass is 35.5. The molecular formula is C15H10Cl2N4O2. The molecule has 0 amide bonds. The van der Waals surface area contributed by atoms with Crippen LogP contribution >= 0.6 is 23.2 Å². The zero-order valence-electron chi connectivity index (χ0n) is 11.6. The highest BCUT2D eigenvalue weighted by molar-refractivity contribution is 6.30. The molecule has 6 nitrogen and oxygen atoms in total. The van der Waals surface area contributed by atoms with Gasteiger partial charge in [0.2, 0.25) is 5.95 Å². The Bertz CT molecular complexity index is 745. The fourth-order valence-electron chi connectivity index (χ4n) is 1.66. The summed E-state index contributed by atoms with van der Waals surface area (Å²) >= 11 is 11.6. The van der Waals surface area contributed by atoms with Crippen molar-refractivity contribution < 1.29 is 9.47 Å². The van der Waals surface area contributed by atoms with Gasteiger partial charge in [-0.2, -0.15) is 9.97 Å². The molecule has 0 radical (unpaired) electrons. The van der Waals surface area contributed by atoms with Gasteiger partial charge in [-0.1, -0.05) is 23.2 Å². The summed E-state index contributed by atoms with van der Waals surface area (Å²) in [5.74, 6) is 1.00. The summed E-state index contributed by atoms with van der Waals surface area (Å²) in [5, 5.41) is 1.19. The molecule has 8 heteroatoms. The van der Waals surface area contributed by atoms with Crippen molar-refractivity contribution in [3.05, 3.63) is 58.6 Å². The highest BCUT2D eigenvalue weighted by Crippen LogP contribution is 2.24. The van der Waals surface area contributed by atoms with Gasteiger partial charge in [0, 0.05) is 10.0 Å². The first kappa shape index (κ1) is 15.3. The lowest BCUT2D eigenvalue weighted by Crippen LogP contribution is -2.02. The van der Waals surface area contributed by atoms with E-state index in [1.165, 1.54) is 0 Å². The third-order valence-electron chi connectivity index (χ3n) is 2.66. The van der Waals surface area contributed by atoms with Gasteiger partial charge >= 0.3 is 12.0 Å². The molecule has 3 aromatic rings. The predicted octanol–water partition coefficient (Wildman–Crippen LogP) is 4.35. The first-order valence-corrected chi connectivity index (χ1v) is 7.22. The van der Waals surface area contributed by atoms with Gasteiger partial charge in [0.05, 0.1) is 0 Å². The van der Waals surface area contributed by atoms with Crippen LogP contribution in [0.2, 0.25) is 10.0 Å². The van der Waals surface area contributed by atoms with Crippen LogP contribution in [0.3, 0.4) is 0 Å². The monoisotopic (exact) mass is 348 g/mol. The summed E-state index contributed by atoms with van der Waals surface area (Å²) in [5.41, 5.74) is 5.65. The average molecular weight is 349 g/mol. The number of nitrogens with zero attached hydrogens (tertiary/aromatic N) is 3. The Balaban J connectivity index is 1.81. The van der Waals surface area contributed by atoms with Gasteiger partial charge in [-0.3, -0.25) is 0 Å². The van der Waals surface area contributed by atoms with E-state index in [0.29, 0.717) is 21.5 Å². The highest BCUT2D eigenvalue weighted by Gasteiger charge is 2.09. The van der Waals surface area contributed by atoms with Gasteiger partial charge in [0.15, 0.2) is 0 Å². The van der Waals surface area contributed by atoms with E-state index < -0.39 is 0 Å². The molecule has 1 aromatic heterocycles. The van der Waals surface area contributed by atoms with E-state index in [1.54, 1.807) is 48.5 Å². The second-order valence-corrected chi connectivity index (χ2v) is 5.24. The van der Waals surface area contributed by atoms with Crippen molar-refractivity contribution >= 4 is 29.2 Å². The van der Waals surface area contributed by atoms with Gasteiger partial charge in [0.1, 0.15) is 11.5 Å². The fraction of sp³-hybridized carbons (Fsp3) is 0. The molecule has 0 saturated heterocycles. The van der Waals surface area contributed by atoms with Gasteiger partial charge in [0.25, 0.3) is 0 Å². The second-order valence-electron chi connectivity index (χ2n) is 4.37. The van der Waals surface area contributed by atoms with E-state index in [4.69, 9.17) is 38.4 Å². The van der Waals surface area contributed by atoms with Crippen molar-refractivity contribution in [1.29, 1.82) is 0 Å². The average Bonchev–Trinajstić information content (AvgIpc) is 2.51. The Morgan fingerprint density at radius 2 is 1.04 bits per heavy atom. The van der Waals surface area contributed by atoms with Crippen LogP contribution in [-0.2, 0) is 0 Å². The maximum Gasteiger partial charge on any atom is 0.330 e. The molecule has 23 heavy (non-hydrogen) atoms. The number of nitrogen functional groups attached to an aromatic ring is 1. The van der Waals surface area contributed by atoms with E-state index in [2.05, 4.69) is 15.0 Å². The zero-order chi connectivity index (χ0) is 16.2. The molecule has 2 aromatic carbocycles. The molecule has 0 fully saturated rings. The van der Waals surface area contributed by atoms with E-state index >= 15 is 0 Å². The maximum atomic E-state index is 5.82. The number of ether oxygens (including phenoxy) is 2. The van der Waals surface area contributed by atoms with Crippen molar-refractivity contribution in [1.82, 2.24) is 15.0 Å². The first-order chi connectivity index (χ1) is 11.1. The molecular weight excluding hydrogens is 339 g/mol. The Morgan fingerprint density at radius 3 is 1.43 bits per heavy atom. The number of rotatable bonds is 4. The number of hydrogen-bond acceptors (Lipinski definition) is 6. The van der Waals surface area contributed by atoms with Gasteiger partial charge in [-0.15, -0.1) is 4.98 Å². The van der Waals surface area contributed by atoms with Crippen molar-refractivity contribution in [2.24, 2.45) is 0 Å². The third-order valence-corrected chi connectivity index (χ3v) is 3.16. The summed E-state index contributed by atoms with van der Waals surface area (Å²) in [4.78, 5) is 11.9. The van der Waals surface area contributed by atoms with E-state index in [9.17, 15) is 0 Å². The molecule has 0 spiro atoms. The molecule has 116 valence electrons. The maximum absolute atomic E-state index is 5.82. The third kappa shape index (κ3) is 4.21. The minimum atomic E-state index is -0.0204. The topological polar surface area (TPSA) is 83.2 Å². The van der Waals surface area contributed by atoms with Gasteiger partial charge < -0.3 is 15.2 Å². The van der Waals surface area contributed by atoms with Crippen molar-refractivity contribution in [2.75, 3.05) is 5.73 Å². The van der Waals surface area contributed by atoms with Gasteiger partial charge in [-0.05, 0) is 48.5 Å². The van der Waals surface area contributed by atoms with Gasteiger partial charge in [-0.25, -0.2) is 0 Å². The van der Waals surface area contributed by atoms with Crippen LogP contribution < -0.4 is 15.2 Å². The minimum Gasteiger partial charge on any atom is -0.424 e. The molecule has 2 N–H and O–H groups in total. The smallest absolute Gasteiger partial charge is 0.330 e. The Kier molecular flexibility index (Phi) is 4.45. The number of anilines is 1. The van der Waals surface area contributed by atoms with Crippen LogP contribution in [0.1, 0.15) is 0 Å². The van der Waals surface area contributed by atoms with Crippen LogP contribution in [0.15, 0.2) is 48.5 Å². The fourth-order valence-corrected chi connectivity index (χ4v) is 1.91. The predicted molar refractivity (Wildman–Crippen MR) is 87.3 cm³/mol. The number of aromatic nitrogens is 3. The van der Waals surface area contributed by atoms with Crippen LogP contribution in [0, 0.1) is 0 Å². The first-order valence-electron chi connectivity index (χ1n) is 6.47. The Labute approximate surface area is 141 Å². The lowest BCUT2D eigenvalue weighted by Gasteiger charge is -2.07. The van der Waals surface area contributed by atoms with E-state index in [1.807, 2.05) is 0 Å². The Morgan fingerprint density at radius 1 is 0.652 bits per heavy atom. The second kappa shape index (κ2) is 6.68. The quantitative estimate of drug-likeness (QED) is 0.754. The minimum absolute atomic E-state index is 0.0174. The summed E-state index contributed by atoms with van der Waals surface area (Å²) in [6.45, 7) is 0. The molecule has 0 aliphatic heterocycles. The standard InChI is InChI=1S/C15H10Cl2N4O2/c16-9-1-5-11(6-2-9)22-14-19-13(18)20-15(21-14)23-12-7-3-10(17)4-8-12/h1-8H,(H2,18,19,20,21). The molecule has 0 aliphatic carbocycles. The normalized spacial score (nSPS) is 10.3. The zero-order valence-corrected chi connectivity index (χ0v) is 13.1. The van der Waals surface area contributed by atoms with Crippen LogP contribution in [0.5, 0.6) is 23.5 Å². The van der Waals surface area contributed by atoms with Crippen molar-refractivity contribution in [3.63, 3.8) is 0 Å². The number of nitrogens with two attached hydrogens (primary N) is 1. The van der Waals surface area contributed by atoms with E-state index in [0.717, 1.165) is 0 Å². The SMILES string of the molecule is Nc1nc(Oc2ccc(Cl)cc2)nc(Oc2ccc(Cl)cc2)n1. The lowest BCUT2D eigenvalue weighted by atomic mass is 10.3. The summed E-state index contributed by atoms with van der Waals surface area (Å²) in [7, 11) is 0. The molecule has 3 rings (SSSR count). The molecule has 0 saturated carbocycles. The molecule has 0 atom stereocenters. The van der Waals surface area contributed by atoms with Crippen LogP contribution in [0.4, 0.5) is 5.95 Å². The molecule has 0 bridgehead atoms. The van der Waals surface area contributed by atoms with Crippen molar-refractivity contribution in [2.45, 2.75) is 0 Å². The Hall–Kier alpha value is -2.57. The number of hydrogen-bond donors (Lipinski definition) is 1. The molecule has 1 heterocycles. The van der Waals surface area contributed by atoms with Crippen molar-refractivity contribution in [3.8, 4) is 23.5 Å². The lowest BCUT2D eigenvalue weighted by molar-refractivity contribution is 0.399. The largest absolute Gasteiger partial charge is 0.424 e. The summed E-state index contributed by atoms with van der Waals surface area (Å²) in [6, 6.07) is 13.5.